The molecule has 0 atom stereocenters. The monoisotopic (exact) mass is 273 g/mol. The van der Waals surface area contributed by atoms with Gasteiger partial charge in [0.2, 0.25) is 0 Å². The number of benzene rings is 1. The highest BCUT2D eigenvalue weighted by atomic mass is 16.4. The lowest BCUT2D eigenvalue weighted by molar-refractivity contribution is -0.152. The average molecular weight is 273 g/mol. The molecule has 0 unspecified atom stereocenters. The van der Waals surface area contributed by atoms with Gasteiger partial charge in [0.25, 0.3) is 0 Å². The molecule has 3 rings (SSSR count). The Morgan fingerprint density at radius 1 is 1.15 bits per heavy atom. The first-order chi connectivity index (χ1) is 9.70. The summed E-state index contributed by atoms with van der Waals surface area (Å²) in [5, 5.41) is 9.69. The summed E-state index contributed by atoms with van der Waals surface area (Å²) >= 11 is 0. The molecule has 0 aromatic heterocycles. The third kappa shape index (κ3) is 2.59. The highest BCUT2D eigenvalue weighted by Gasteiger charge is 2.41. The van der Waals surface area contributed by atoms with E-state index in [4.69, 9.17) is 0 Å². The van der Waals surface area contributed by atoms with E-state index in [1.165, 1.54) is 17.5 Å². The molecule has 1 aliphatic heterocycles. The van der Waals surface area contributed by atoms with Gasteiger partial charge in [-0.2, -0.15) is 0 Å². The van der Waals surface area contributed by atoms with Crippen molar-refractivity contribution in [1.82, 2.24) is 4.90 Å². The topological polar surface area (TPSA) is 40.5 Å². The van der Waals surface area contributed by atoms with Gasteiger partial charge in [-0.1, -0.05) is 43.5 Å². The highest BCUT2D eigenvalue weighted by molar-refractivity contribution is 5.75. The van der Waals surface area contributed by atoms with Gasteiger partial charge < -0.3 is 5.11 Å². The molecule has 108 valence electrons. The first-order valence-corrected chi connectivity index (χ1v) is 7.72. The Balaban J connectivity index is 1.73. The van der Waals surface area contributed by atoms with Crippen molar-refractivity contribution < 1.29 is 9.90 Å². The van der Waals surface area contributed by atoms with Crippen LogP contribution in [0.2, 0.25) is 0 Å². The van der Waals surface area contributed by atoms with Gasteiger partial charge in [0.15, 0.2) is 0 Å². The van der Waals surface area contributed by atoms with E-state index in [2.05, 4.69) is 29.2 Å². The number of carboxylic acids is 1. The van der Waals surface area contributed by atoms with Crippen LogP contribution in [0, 0.1) is 5.41 Å². The smallest absolute Gasteiger partial charge is 0.310 e. The first kappa shape index (κ1) is 13.6. The molecule has 2 aliphatic rings. The maximum Gasteiger partial charge on any atom is 0.310 e. The second-order valence-electron chi connectivity index (χ2n) is 6.38. The molecular weight excluding hydrogens is 250 g/mol. The van der Waals surface area contributed by atoms with E-state index in [-0.39, 0.29) is 0 Å². The van der Waals surface area contributed by atoms with Crippen LogP contribution in [-0.2, 0) is 17.8 Å². The van der Waals surface area contributed by atoms with Crippen molar-refractivity contribution in [3.05, 3.63) is 35.4 Å². The standard InChI is InChI=1S/C17H23NO2/c19-16(20)17(9-4-1-5-10-17)13-18-11-8-14-6-2-3-7-15(14)12-18/h2-3,6-7H,1,4-5,8-13H2,(H,19,20). The second-order valence-corrected chi connectivity index (χ2v) is 6.38. The maximum atomic E-state index is 11.8. The van der Waals surface area contributed by atoms with Crippen molar-refractivity contribution in [3.8, 4) is 0 Å². The summed E-state index contributed by atoms with van der Waals surface area (Å²) in [7, 11) is 0. The van der Waals surface area contributed by atoms with Gasteiger partial charge in [-0.15, -0.1) is 0 Å². The molecule has 1 N–H and O–H groups in total. The van der Waals surface area contributed by atoms with Crippen LogP contribution in [0.25, 0.3) is 0 Å². The van der Waals surface area contributed by atoms with Gasteiger partial charge in [-0.25, -0.2) is 0 Å². The Kier molecular flexibility index (Phi) is 3.79. The molecule has 1 fully saturated rings. The number of hydrogen-bond donors (Lipinski definition) is 1. The van der Waals surface area contributed by atoms with Crippen LogP contribution in [0.4, 0.5) is 0 Å². The molecule has 0 bridgehead atoms. The van der Waals surface area contributed by atoms with Crippen LogP contribution in [-0.4, -0.2) is 29.1 Å². The Hall–Kier alpha value is -1.35. The van der Waals surface area contributed by atoms with Crippen molar-refractivity contribution in [1.29, 1.82) is 0 Å². The first-order valence-electron chi connectivity index (χ1n) is 7.72. The summed E-state index contributed by atoms with van der Waals surface area (Å²) in [5.74, 6) is -0.587. The fourth-order valence-electron chi connectivity index (χ4n) is 3.79. The van der Waals surface area contributed by atoms with Crippen molar-refractivity contribution in [2.45, 2.75) is 45.1 Å². The Bertz CT molecular complexity index is 492. The van der Waals surface area contributed by atoms with Crippen molar-refractivity contribution >= 4 is 5.97 Å². The van der Waals surface area contributed by atoms with E-state index in [1.54, 1.807) is 0 Å². The third-order valence-corrected chi connectivity index (χ3v) is 5.00. The summed E-state index contributed by atoms with van der Waals surface area (Å²) in [6, 6.07) is 8.54. The molecule has 0 spiro atoms. The van der Waals surface area contributed by atoms with Crippen LogP contribution in [0.3, 0.4) is 0 Å². The SMILES string of the molecule is O=C(O)C1(CN2CCc3ccccc3C2)CCCCC1. The second kappa shape index (κ2) is 5.57. The molecule has 0 saturated heterocycles. The molecule has 1 aromatic rings. The van der Waals surface area contributed by atoms with E-state index >= 15 is 0 Å². The van der Waals surface area contributed by atoms with Gasteiger partial charge >= 0.3 is 5.97 Å². The molecular formula is C17H23NO2. The zero-order chi connectivity index (χ0) is 14.0. The van der Waals surface area contributed by atoms with Crippen molar-refractivity contribution in [2.24, 2.45) is 5.41 Å². The number of carbonyl (C=O) groups is 1. The van der Waals surface area contributed by atoms with Gasteiger partial charge in [0.1, 0.15) is 0 Å². The van der Waals surface area contributed by atoms with Crippen LogP contribution < -0.4 is 0 Å². The predicted molar refractivity (Wildman–Crippen MR) is 78.6 cm³/mol. The Morgan fingerprint density at radius 3 is 2.55 bits per heavy atom. The normalized spacial score (nSPS) is 22.2. The number of carboxylic acid groups (broad SMARTS) is 1. The molecule has 1 heterocycles. The molecule has 3 heteroatoms. The zero-order valence-electron chi connectivity index (χ0n) is 12.0. The minimum atomic E-state index is -0.587. The fourth-order valence-corrected chi connectivity index (χ4v) is 3.79. The molecule has 1 aromatic carbocycles. The van der Waals surface area contributed by atoms with E-state index in [9.17, 15) is 9.90 Å². The van der Waals surface area contributed by atoms with Crippen molar-refractivity contribution in [2.75, 3.05) is 13.1 Å². The quantitative estimate of drug-likeness (QED) is 0.920. The van der Waals surface area contributed by atoms with E-state index in [0.29, 0.717) is 0 Å². The molecule has 1 aliphatic carbocycles. The number of nitrogens with zero attached hydrogens (tertiary/aromatic N) is 1. The van der Waals surface area contributed by atoms with Crippen LogP contribution >= 0.6 is 0 Å². The summed E-state index contributed by atoms with van der Waals surface area (Å²) in [6.45, 7) is 2.62. The van der Waals surface area contributed by atoms with E-state index in [0.717, 1.165) is 51.7 Å². The number of aliphatic carboxylic acids is 1. The summed E-state index contributed by atoms with van der Waals surface area (Å²) in [4.78, 5) is 14.1. The van der Waals surface area contributed by atoms with E-state index < -0.39 is 11.4 Å². The summed E-state index contributed by atoms with van der Waals surface area (Å²) < 4.78 is 0. The van der Waals surface area contributed by atoms with Crippen LogP contribution in [0.5, 0.6) is 0 Å². The zero-order valence-corrected chi connectivity index (χ0v) is 12.0. The number of fused-ring (bicyclic) bond motifs is 1. The highest BCUT2D eigenvalue weighted by Crippen LogP contribution is 2.38. The fraction of sp³-hybridized carbons (Fsp3) is 0.588. The van der Waals surface area contributed by atoms with E-state index in [1.807, 2.05) is 0 Å². The largest absolute Gasteiger partial charge is 0.481 e. The lowest BCUT2D eigenvalue weighted by Crippen LogP contribution is -2.46. The maximum absolute atomic E-state index is 11.8. The summed E-state index contributed by atoms with van der Waals surface area (Å²) in [6.07, 6.45) is 6.07. The van der Waals surface area contributed by atoms with Crippen LogP contribution in [0.15, 0.2) is 24.3 Å². The Labute approximate surface area is 120 Å². The van der Waals surface area contributed by atoms with Crippen LogP contribution in [0.1, 0.15) is 43.2 Å². The minimum absolute atomic E-state index is 0.496. The lowest BCUT2D eigenvalue weighted by atomic mass is 9.73. The predicted octanol–water partition coefficient (Wildman–Crippen LogP) is 3.08. The van der Waals surface area contributed by atoms with Crippen molar-refractivity contribution in [3.63, 3.8) is 0 Å². The minimum Gasteiger partial charge on any atom is -0.481 e. The van der Waals surface area contributed by atoms with Gasteiger partial charge in [0, 0.05) is 19.6 Å². The molecule has 1 saturated carbocycles. The average Bonchev–Trinajstić information content (AvgIpc) is 2.48. The summed E-state index contributed by atoms with van der Waals surface area (Å²) in [5.41, 5.74) is 2.30. The molecule has 20 heavy (non-hydrogen) atoms. The Morgan fingerprint density at radius 2 is 1.85 bits per heavy atom. The molecule has 3 nitrogen and oxygen atoms in total. The molecule has 0 radical (unpaired) electrons. The van der Waals surface area contributed by atoms with Gasteiger partial charge in [0.05, 0.1) is 5.41 Å². The third-order valence-electron chi connectivity index (χ3n) is 5.00. The van der Waals surface area contributed by atoms with Gasteiger partial charge in [-0.3, -0.25) is 9.69 Å². The van der Waals surface area contributed by atoms with Gasteiger partial charge in [-0.05, 0) is 30.4 Å². The number of rotatable bonds is 3. The number of hydrogen-bond acceptors (Lipinski definition) is 2. The molecule has 0 amide bonds. The lowest BCUT2D eigenvalue weighted by Gasteiger charge is -2.39.